The van der Waals surface area contributed by atoms with E-state index in [1.165, 1.54) is 6.07 Å². The summed E-state index contributed by atoms with van der Waals surface area (Å²) in [6.45, 7) is 6.69. The Hall–Kier alpha value is -1.62. The molecule has 0 radical (unpaired) electrons. The van der Waals surface area contributed by atoms with Crippen LogP contribution in [0.4, 0.5) is 10.1 Å². The molecule has 1 aromatic rings. The number of anilines is 1. The van der Waals surface area contributed by atoms with Crippen LogP contribution in [0.2, 0.25) is 0 Å². The van der Waals surface area contributed by atoms with E-state index in [1.807, 2.05) is 19.9 Å². The molecule has 20 heavy (non-hydrogen) atoms. The number of carbonyl (C=O) groups excluding carboxylic acids is 1. The van der Waals surface area contributed by atoms with Gasteiger partial charge in [-0.2, -0.15) is 0 Å². The lowest BCUT2D eigenvalue weighted by Crippen LogP contribution is -2.30. The van der Waals surface area contributed by atoms with Gasteiger partial charge in [-0.1, -0.05) is 13.0 Å². The molecule has 1 atom stereocenters. The second kappa shape index (κ2) is 6.70. The number of rotatable bonds is 4. The van der Waals surface area contributed by atoms with Crippen LogP contribution >= 0.6 is 0 Å². The van der Waals surface area contributed by atoms with Crippen molar-refractivity contribution in [3.05, 3.63) is 29.6 Å². The third kappa shape index (κ3) is 3.28. The molecular formula is C15H22FN3O. The molecule has 110 valence electrons. The second-order valence-electron chi connectivity index (χ2n) is 5.04. The van der Waals surface area contributed by atoms with Crippen LogP contribution in [0, 0.1) is 5.82 Å². The summed E-state index contributed by atoms with van der Waals surface area (Å²) in [7, 11) is 0. The zero-order chi connectivity index (χ0) is 14.5. The van der Waals surface area contributed by atoms with E-state index < -0.39 is 0 Å². The first kappa shape index (κ1) is 14.8. The van der Waals surface area contributed by atoms with Crippen LogP contribution in [0.1, 0.15) is 31.9 Å². The summed E-state index contributed by atoms with van der Waals surface area (Å²) in [4.78, 5) is 13.5. The lowest BCUT2D eigenvalue weighted by Gasteiger charge is -2.27. The van der Waals surface area contributed by atoms with Crippen LogP contribution in [0.3, 0.4) is 0 Å². The molecular weight excluding hydrogens is 257 g/mol. The van der Waals surface area contributed by atoms with Crippen LogP contribution < -0.4 is 15.5 Å². The normalized spacial score (nSPS) is 17.6. The van der Waals surface area contributed by atoms with E-state index in [0.717, 1.165) is 12.2 Å². The maximum atomic E-state index is 14.2. The smallest absolute Gasteiger partial charge is 0.221 e. The van der Waals surface area contributed by atoms with E-state index in [1.54, 1.807) is 6.07 Å². The third-order valence-electron chi connectivity index (χ3n) is 3.63. The molecule has 0 saturated carbocycles. The van der Waals surface area contributed by atoms with Gasteiger partial charge in [0.1, 0.15) is 5.82 Å². The molecule has 1 aliphatic rings. The zero-order valence-electron chi connectivity index (χ0n) is 12.1. The van der Waals surface area contributed by atoms with Crippen LogP contribution in [0.15, 0.2) is 18.2 Å². The molecule has 2 N–H and O–H groups in total. The first-order valence-corrected chi connectivity index (χ1v) is 7.17. The third-order valence-corrected chi connectivity index (χ3v) is 3.63. The molecule has 2 rings (SSSR count). The van der Waals surface area contributed by atoms with Gasteiger partial charge in [-0.3, -0.25) is 4.79 Å². The van der Waals surface area contributed by atoms with E-state index in [-0.39, 0.29) is 17.8 Å². The van der Waals surface area contributed by atoms with Crippen molar-refractivity contribution < 1.29 is 9.18 Å². The quantitative estimate of drug-likeness (QED) is 0.883. The fourth-order valence-electron chi connectivity index (χ4n) is 2.65. The number of nitrogens with zero attached hydrogens (tertiary/aromatic N) is 1. The Labute approximate surface area is 119 Å². The van der Waals surface area contributed by atoms with Gasteiger partial charge in [0.25, 0.3) is 0 Å². The Morgan fingerprint density at radius 2 is 2.25 bits per heavy atom. The van der Waals surface area contributed by atoms with Crippen molar-refractivity contribution in [1.29, 1.82) is 0 Å². The molecule has 1 amide bonds. The average Bonchev–Trinajstić information content (AvgIpc) is 2.63. The van der Waals surface area contributed by atoms with Gasteiger partial charge < -0.3 is 15.5 Å². The molecule has 1 fully saturated rings. The summed E-state index contributed by atoms with van der Waals surface area (Å²) < 4.78 is 14.2. The number of nitrogens with one attached hydrogen (secondary N) is 2. The van der Waals surface area contributed by atoms with Crippen molar-refractivity contribution in [1.82, 2.24) is 10.6 Å². The SMILES string of the molecule is CCNC(C)c1c(F)cccc1N1CCNC(=O)CC1. The topological polar surface area (TPSA) is 44.4 Å². The molecule has 0 spiro atoms. The van der Waals surface area contributed by atoms with E-state index >= 15 is 0 Å². The van der Waals surface area contributed by atoms with Crippen LogP contribution in [-0.2, 0) is 4.79 Å². The Morgan fingerprint density at radius 1 is 1.45 bits per heavy atom. The number of hydrogen-bond acceptors (Lipinski definition) is 3. The minimum Gasteiger partial charge on any atom is -0.369 e. The van der Waals surface area contributed by atoms with E-state index in [9.17, 15) is 9.18 Å². The average molecular weight is 279 g/mol. The van der Waals surface area contributed by atoms with Crippen molar-refractivity contribution >= 4 is 11.6 Å². The Balaban J connectivity index is 2.30. The highest BCUT2D eigenvalue weighted by atomic mass is 19.1. The highest BCUT2D eigenvalue weighted by molar-refractivity contribution is 5.77. The maximum absolute atomic E-state index is 14.2. The Bertz CT molecular complexity index is 478. The van der Waals surface area contributed by atoms with Gasteiger partial charge in [0.05, 0.1) is 0 Å². The number of amides is 1. The number of benzene rings is 1. The molecule has 1 aromatic carbocycles. The van der Waals surface area contributed by atoms with Gasteiger partial charge in [0.2, 0.25) is 5.91 Å². The summed E-state index contributed by atoms with van der Waals surface area (Å²) in [6, 6.07) is 5.10. The standard InChI is InChI=1S/C15H22FN3O/c1-3-17-11(2)15-12(16)5-4-6-13(15)19-9-7-14(20)18-8-10-19/h4-6,11,17H,3,7-10H2,1-2H3,(H,18,20). The minimum absolute atomic E-state index is 0.0527. The molecule has 0 aliphatic carbocycles. The van der Waals surface area contributed by atoms with Crippen molar-refractivity contribution in [2.45, 2.75) is 26.3 Å². The molecule has 5 heteroatoms. The van der Waals surface area contributed by atoms with Crippen LogP contribution in [-0.4, -0.2) is 32.1 Å². The molecule has 1 heterocycles. The summed E-state index contributed by atoms with van der Waals surface area (Å²) >= 11 is 0. The van der Waals surface area contributed by atoms with Gasteiger partial charge in [-0.05, 0) is 25.6 Å². The second-order valence-corrected chi connectivity index (χ2v) is 5.04. The van der Waals surface area contributed by atoms with Crippen molar-refractivity contribution in [2.75, 3.05) is 31.1 Å². The highest BCUT2D eigenvalue weighted by Crippen LogP contribution is 2.29. The van der Waals surface area contributed by atoms with Crippen LogP contribution in [0.25, 0.3) is 0 Å². The number of carbonyl (C=O) groups is 1. The van der Waals surface area contributed by atoms with Gasteiger partial charge in [0.15, 0.2) is 0 Å². The fourth-order valence-corrected chi connectivity index (χ4v) is 2.65. The summed E-state index contributed by atoms with van der Waals surface area (Å²) in [5, 5.41) is 6.10. The predicted molar refractivity (Wildman–Crippen MR) is 78.3 cm³/mol. The molecule has 0 bridgehead atoms. The zero-order valence-corrected chi connectivity index (χ0v) is 12.1. The van der Waals surface area contributed by atoms with Gasteiger partial charge in [-0.25, -0.2) is 4.39 Å². The lowest BCUT2D eigenvalue weighted by atomic mass is 10.0. The molecule has 4 nitrogen and oxygen atoms in total. The lowest BCUT2D eigenvalue weighted by molar-refractivity contribution is -0.120. The first-order chi connectivity index (χ1) is 9.63. The summed E-state index contributed by atoms with van der Waals surface area (Å²) in [6.07, 6.45) is 0.450. The molecule has 1 aliphatic heterocycles. The first-order valence-electron chi connectivity index (χ1n) is 7.17. The summed E-state index contributed by atoms with van der Waals surface area (Å²) in [5.74, 6) is -0.135. The highest BCUT2D eigenvalue weighted by Gasteiger charge is 2.21. The van der Waals surface area contributed by atoms with Gasteiger partial charge in [-0.15, -0.1) is 0 Å². The molecule has 1 saturated heterocycles. The monoisotopic (exact) mass is 279 g/mol. The van der Waals surface area contributed by atoms with Crippen molar-refractivity contribution in [2.24, 2.45) is 0 Å². The Kier molecular flexibility index (Phi) is 4.95. The largest absolute Gasteiger partial charge is 0.369 e. The molecule has 0 aromatic heterocycles. The maximum Gasteiger partial charge on any atom is 0.221 e. The molecule has 1 unspecified atom stereocenters. The minimum atomic E-state index is -0.195. The number of hydrogen-bond donors (Lipinski definition) is 2. The van der Waals surface area contributed by atoms with Crippen molar-refractivity contribution in [3.63, 3.8) is 0 Å². The Morgan fingerprint density at radius 3 is 3.00 bits per heavy atom. The summed E-state index contributed by atoms with van der Waals surface area (Å²) in [5.41, 5.74) is 1.57. The number of halogens is 1. The van der Waals surface area contributed by atoms with E-state index in [2.05, 4.69) is 15.5 Å². The predicted octanol–water partition coefficient (Wildman–Crippen LogP) is 1.82. The van der Waals surface area contributed by atoms with Gasteiger partial charge >= 0.3 is 0 Å². The van der Waals surface area contributed by atoms with Gasteiger partial charge in [0, 0.05) is 43.3 Å². The van der Waals surface area contributed by atoms with E-state index in [4.69, 9.17) is 0 Å². The van der Waals surface area contributed by atoms with Crippen LogP contribution in [0.5, 0.6) is 0 Å². The fraction of sp³-hybridized carbons (Fsp3) is 0.533. The van der Waals surface area contributed by atoms with Crippen molar-refractivity contribution in [3.8, 4) is 0 Å². The van der Waals surface area contributed by atoms with E-state index in [0.29, 0.717) is 31.6 Å².